The number of hydrogen-bond donors (Lipinski definition) is 1. The molecule has 0 radical (unpaired) electrons. The van der Waals surface area contributed by atoms with Gasteiger partial charge < -0.3 is 19.4 Å². The molecule has 1 amide bonds. The van der Waals surface area contributed by atoms with E-state index in [2.05, 4.69) is 10.3 Å². The van der Waals surface area contributed by atoms with E-state index in [0.717, 1.165) is 35.2 Å². The van der Waals surface area contributed by atoms with Crippen molar-refractivity contribution in [3.63, 3.8) is 0 Å². The third-order valence-electron chi connectivity index (χ3n) is 6.95. The molecular formula is C28H34FN3O4. The lowest BCUT2D eigenvalue weighted by molar-refractivity contribution is -0.143. The van der Waals surface area contributed by atoms with Crippen molar-refractivity contribution in [1.29, 1.82) is 0 Å². The standard InChI is InChI=1S/C28H34FN3O4/c1-4-35-25(33)14-15-32(3)28(34)23-12-11-21(17-30-23)31-26(19-8-6-5-7-9-19)27-18(2)22-16-20(29)10-13-24(22)36-27/h10-13,16-17,19,26,31H,4-9,14-15H2,1-3H3. The van der Waals surface area contributed by atoms with Crippen molar-refractivity contribution in [2.24, 2.45) is 5.92 Å². The predicted octanol–water partition coefficient (Wildman–Crippen LogP) is 6.03. The van der Waals surface area contributed by atoms with Crippen LogP contribution in [0.15, 0.2) is 40.9 Å². The smallest absolute Gasteiger partial charge is 0.307 e. The Balaban J connectivity index is 1.52. The van der Waals surface area contributed by atoms with Gasteiger partial charge in [-0.05, 0) is 62.9 Å². The van der Waals surface area contributed by atoms with E-state index in [1.807, 2.05) is 13.0 Å². The second-order valence-corrected chi connectivity index (χ2v) is 9.47. The Kier molecular flexibility index (Phi) is 8.23. The summed E-state index contributed by atoms with van der Waals surface area (Å²) < 4.78 is 25.1. The number of rotatable bonds is 9. The second-order valence-electron chi connectivity index (χ2n) is 9.47. The van der Waals surface area contributed by atoms with Crippen LogP contribution in [-0.2, 0) is 9.53 Å². The van der Waals surface area contributed by atoms with E-state index in [-0.39, 0.29) is 36.7 Å². The van der Waals surface area contributed by atoms with Crippen LogP contribution in [0.4, 0.5) is 10.1 Å². The van der Waals surface area contributed by atoms with Crippen molar-refractivity contribution >= 4 is 28.5 Å². The number of hydrogen-bond acceptors (Lipinski definition) is 6. The van der Waals surface area contributed by atoms with Crippen LogP contribution in [0.1, 0.15) is 73.3 Å². The number of aryl methyl sites for hydroxylation is 1. The Morgan fingerprint density at radius 2 is 2.00 bits per heavy atom. The lowest BCUT2D eigenvalue weighted by Gasteiger charge is -2.31. The molecule has 1 aromatic carbocycles. The molecule has 0 spiro atoms. The molecule has 7 nitrogen and oxygen atoms in total. The normalized spacial score (nSPS) is 15.0. The fourth-order valence-electron chi connectivity index (χ4n) is 4.95. The molecule has 0 saturated heterocycles. The summed E-state index contributed by atoms with van der Waals surface area (Å²) in [5.41, 5.74) is 2.70. The number of benzene rings is 1. The number of carbonyl (C=O) groups is 2. The summed E-state index contributed by atoms with van der Waals surface area (Å²) in [6.45, 7) is 4.30. The summed E-state index contributed by atoms with van der Waals surface area (Å²) >= 11 is 0. The molecule has 1 saturated carbocycles. The van der Waals surface area contributed by atoms with E-state index in [0.29, 0.717) is 23.8 Å². The van der Waals surface area contributed by atoms with Crippen LogP contribution in [0.2, 0.25) is 0 Å². The molecule has 1 aliphatic carbocycles. The van der Waals surface area contributed by atoms with Gasteiger partial charge >= 0.3 is 5.97 Å². The molecule has 1 fully saturated rings. The first-order valence-electron chi connectivity index (χ1n) is 12.7. The number of esters is 1. The van der Waals surface area contributed by atoms with Crippen LogP contribution in [0.5, 0.6) is 0 Å². The number of pyridine rings is 1. The number of anilines is 1. The van der Waals surface area contributed by atoms with Crippen molar-refractivity contribution in [3.05, 3.63) is 59.4 Å². The third-order valence-corrected chi connectivity index (χ3v) is 6.95. The molecule has 1 atom stereocenters. The highest BCUT2D eigenvalue weighted by Gasteiger charge is 2.30. The van der Waals surface area contributed by atoms with Gasteiger partial charge in [0.25, 0.3) is 5.91 Å². The zero-order valence-corrected chi connectivity index (χ0v) is 21.2. The van der Waals surface area contributed by atoms with Crippen LogP contribution in [0.25, 0.3) is 11.0 Å². The number of nitrogens with zero attached hydrogens (tertiary/aromatic N) is 2. The Labute approximate surface area is 211 Å². The van der Waals surface area contributed by atoms with Crippen LogP contribution in [0.3, 0.4) is 0 Å². The topological polar surface area (TPSA) is 84.7 Å². The lowest BCUT2D eigenvalue weighted by atomic mass is 9.82. The van der Waals surface area contributed by atoms with Gasteiger partial charge in [-0.15, -0.1) is 0 Å². The molecule has 8 heteroatoms. The van der Waals surface area contributed by atoms with E-state index in [1.54, 1.807) is 32.3 Å². The molecule has 192 valence electrons. The summed E-state index contributed by atoms with van der Waals surface area (Å²) in [7, 11) is 1.64. The van der Waals surface area contributed by atoms with Gasteiger partial charge in [-0.3, -0.25) is 9.59 Å². The fourth-order valence-corrected chi connectivity index (χ4v) is 4.95. The highest BCUT2D eigenvalue weighted by molar-refractivity contribution is 5.92. The third kappa shape index (κ3) is 5.86. The first-order valence-corrected chi connectivity index (χ1v) is 12.7. The van der Waals surface area contributed by atoms with Gasteiger partial charge in [0.1, 0.15) is 22.9 Å². The van der Waals surface area contributed by atoms with Crippen molar-refractivity contribution in [2.45, 2.75) is 58.4 Å². The number of ether oxygens (including phenoxy) is 1. The molecule has 0 aliphatic heterocycles. The minimum Gasteiger partial charge on any atom is -0.466 e. The summed E-state index contributed by atoms with van der Waals surface area (Å²) in [5, 5.41) is 4.38. The van der Waals surface area contributed by atoms with Crippen molar-refractivity contribution in [2.75, 3.05) is 25.5 Å². The maximum absolute atomic E-state index is 13.9. The Morgan fingerprint density at radius 1 is 1.22 bits per heavy atom. The molecule has 1 unspecified atom stereocenters. The average Bonchev–Trinajstić information content (AvgIpc) is 3.21. The largest absolute Gasteiger partial charge is 0.466 e. The Hall–Kier alpha value is -3.42. The summed E-state index contributed by atoms with van der Waals surface area (Å²) in [6.07, 6.45) is 7.52. The van der Waals surface area contributed by atoms with Crippen molar-refractivity contribution < 1.29 is 23.1 Å². The van der Waals surface area contributed by atoms with Gasteiger partial charge in [0.05, 0.1) is 31.0 Å². The maximum Gasteiger partial charge on any atom is 0.307 e. The maximum atomic E-state index is 13.9. The number of aromatic nitrogens is 1. The Morgan fingerprint density at radius 3 is 2.69 bits per heavy atom. The molecule has 3 aromatic rings. The van der Waals surface area contributed by atoms with Gasteiger partial charge in [-0.25, -0.2) is 9.37 Å². The number of furan rings is 1. The first kappa shape index (κ1) is 25.7. The highest BCUT2D eigenvalue weighted by atomic mass is 19.1. The van der Waals surface area contributed by atoms with Crippen LogP contribution >= 0.6 is 0 Å². The van der Waals surface area contributed by atoms with Crippen molar-refractivity contribution in [1.82, 2.24) is 9.88 Å². The predicted molar refractivity (Wildman–Crippen MR) is 136 cm³/mol. The number of nitrogens with one attached hydrogen (secondary N) is 1. The molecule has 2 aromatic heterocycles. The summed E-state index contributed by atoms with van der Waals surface area (Å²) in [4.78, 5) is 30.2. The zero-order chi connectivity index (χ0) is 25.7. The van der Waals surface area contributed by atoms with E-state index >= 15 is 0 Å². The number of amides is 1. The van der Waals surface area contributed by atoms with E-state index in [1.165, 1.54) is 36.3 Å². The molecule has 1 N–H and O–H groups in total. The van der Waals surface area contributed by atoms with E-state index in [4.69, 9.17) is 9.15 Å². The quantitative estimate of drug-likeness (QED) is 0.365. The monoisotopic (exact) mass is 495 g/mol. The number of fused-ring (bicyclic) bond motifs is 1. The second kappa shape index (κ2) is 11.5. The molecule has 2 heterocycles. The molecule has 4 rings (SSSR count). The highest BCUT2D eigenvalue weighted by Crippen LogP contribution is 2.40. The number of halogens is 1. The Bertz CT molecular complexity index is 1200. The minimum atomic E-state index is -0.331. The molecule has 36 heavy (non-hydrogen) atoms. The van der Waals surface area contributed by atoms with Crippen LogP contribution in [-0.4, -0.2) is 42.0 Å². The minimum absolute atomic E-state index is 0.0867. The first-order chi connectivity index (χ1) is 17.4. The van der Waals surface area contributed by atoms with Gasteiger partial charge in [-0.1, -0.05) is 19.3 Å². The summed E-state index contributed by atoms with van der Waals surface area (Å²) in [5.74, 6) is 0.322. The van der Waals surface area contributed by atoms with Crippen LogP contribution < -0.4 is 5.32 Å². The van der Waals surface area contributed by atoms with Gasteiger partial charge in [0, 0.05) is 24.5 Å². The fraction of sp³-hybridized carbons (Fsp3) is 0.464. The summed E-state index contributed by atoms with van der Waals surface area (Å²) in [6, 6.07) is 8.06. The van der Waals surface area contributed by atoms with Crippen molar-refractivity contribution in [3.8, 4) is 0 Å². The lowest BCUT2D eigenvalue weighted by Crippen LogP contribution is -2.30. The number of carbonyl (C=O) groups excluding carboxylic acids is 2. The molecule has 1 aliphatic rings. The van der Waals surface area contributed by atoms with E-state index < -0.39 is 0 Å². The SMILES string of the molecule is CCOC(=O)CCN(C)C(=O)c1ccc(NC(c2oc3ccc(F)cc3c2C)C2CCCCC2)cn1. The van der Waals surface area contributed by atoms with Gasteiger partial charge in [0.15, 0.2) is 0 Å². The van der Waals surface area contributed by atoms with Gasteiger partial charge in [0.2, 0.25) is 0 Å². The van der Waals surface area contributed by atoms with E-state index in [9.17, 15) is 14.0 Å². The average molecular weight is 496 g/mol. The van der Waals surface area contributed by atoms with Gasteiger partial charge in [-0.2, -0.15) is 0 Å². The van der Waals surface area contributed by atoms with Crippen LogP contribution in [0, 0.1) is 18.7 Å². The zero-order valence-electron chi connectivity index (χ0n) is 21.2. The molecular weight excluding hydrogens is 461 g/mol. The molecule has 0 bridgehead atoms.